The van der Waals surface area contributed by atoms with Crippen LogP contribution in [0.25, 0.3) is 0 Å². The predicted octanol–water partition coefficient (Wildman–Crippen LogP) is 1.94. The minimum Gasteiger partial charge on any atom is -0.316 e. The lowest BCUT2D eigenvalue weighted by Crippen LogP contribution is -2.13. The maximum absolute atomic E-state index is 4.66. The van der Waals surface area contributed by atoms with Gasteiger partial charge in [-0.3, -0.25) is 4.99 Å². The summed E-state index contributed by atoms with van der Waals surface area (Å²) in [6.45, 7) is 5.49. The first-order valence-corrected chi connectivity index (χ1v) is 6.81. The number of amidine groups is 1. The highest BCUT2D eigenvalue weighted by Crippen LogP contribution is 2.17. The SMILES string of the molecule is CCC(CC1CCNC1)=NC1=NCCS1. The van der Waals surface area contributed by atoms with Gasteiger partial charge in [-0.2, -0.15) is 0 Å². The van der Waals surface area contributed by atoms with E-state index in [1.165, 1.54) is 25.2 Å². The molecular formula is C11H19N3S. The van der Waals surface area contributed by atoms with Gasteiger partial charge in [0.25, 0.3) is 0 Å². The number of aliphatic imine (C=N–C) groups is 2. The van der Waals surface area contributed by atoms with Crippen molar-refractivity contribution in [3.63, 3.8) is 0 Å². The predicted molar refractivity (Wildman–Crippen MR) is 68.1 cm³/mol. The standard InChI is InChI=1S/C11H19N3S/c1-2-10(7-9-3-4-12-8-9)14-11-13-5-6-15-11/h9,12H,2-8H2,1H3. The molecule has 0 aromatic carbocycles. The van der Waals surface area contributed by atoms with E-state index in [4.69, 9.17) is 0 Å². The van der Waals surface area contributed by atoms with Gasteiger partial charge in [0.15, 0.2) is 5.17 Å². The van der Waals surface area contributed by atoms with E-state index in [-0.39, 0.29) is 0 Å². The van der Waals surface area contributed by atoms with Crippen LogP contribution in [0.2, 0.25) is 0 Å². The molecule has 1 N–H and O–H groups in total. The first-order valence-electron chi connectivity index (χ1n) is 5.83. The van der Waals surface area contributed by atoms with Gasteiger partial charge in [-0.15, -0.1) is 0 Å². The topological polar surface area (TPSA) is 36.8 Å². The second-order valence-electron chi connectivity index (χ2n) is 4.11. The van der Waals surface area contributed by atoms with Crippen molar-refractivity contribution in [1.29, 1.82) is 0 Å². The van der Waals surface area contributed by atoms with Crippen LogP contribution in [0.1, 0.15) is 26.2 Å². The summed E-state index contributed by atoms with van der Waals surface area (Å²) in [4.78, 5) is 9.03. The lowest BCUT2D eigenvalue weighted by Gasteiger charge is -2.09. The molecule has 0 aromatic rings. The smallest absolute Gasteiger partial charge is 0.182 e. The van der Waals surface area contributed by atoms with E-state index in [2.05, 4.69) is 22.2 Å². The van der Waals surface area contributed by atoms with E-state index >= 15 is 0 Å². The summed E-state index contributed by atoms with van der Waals surface area (Å²) in [6, 6.07) is 0. The van der Waals surface area contributed by atoms with Crippen molar-refractivity contribution in [2.75, 3.05) is 25.4 Å². The molecule has 4 heteroatoms. The molecule has 1 fully saturated rings. The summed E-state index contributed by atoms with van der Waals surface area (Å²) in [7, 11) is 0. The average molecular weight is 225 g/mol. The minimum absolute atomic E-state index is 0.802. The molecule has 0 radical (unpaired) electrons. The van der Waals surface area contributed by atoms with Gasteiger partial charge in [-0.1, -0.05) is 18.7 Å². The Bertz CT molecular complexity index is 267. The number of nitrogens with zero attached hydrogens (tertiary/aromatic N) is 2. The fraction of sp³-hybridized carbons (Fsp3) is 0.818. The third-order valence-corrected chi connectivity index (χ3v) is 3.78. The van der Waals surface area contributed by atoms with E-state index in [0.717, 1.165) is 36.2 Å². The Balaban J connectivity index is 1.90. The molecule has 2 heterocycles. The van der Waals surface area contributed by atoms with Crippen LogP contribution in [0.15, 0.2) is 9.98 Å². The zero-order chi connectivity index (χ0) is 10.5. The number of thioether (sulfide) groups is 1. The quantitative estimate of drug-likeness (QED) is 0.745. The zero-order valence-corrected chi connectivity index (χ0v) is 10.1. The van der Waals surface area contributed by atoms with Crippen molar-refractivity contribution < 1.29 is 0 Å². The van der Waals surface area contributed by atoms with Crippen LogP contribution in [0.4, 0.5) is 0 Å². The van der Waals surface area contributed by atoms with Gasteiger partial charge >= 0.3 is 0 Å². The summed E-state index contributed by atoms with van der Waals surface area (Å²) in [5.74, 6) is 1.91. The molecule has 2 aliphatic rings. The fourth-order valence-electron chi connectivity index (χ4n) is 2.02. The van der Waals surface area contributed by atoms with E-state index in [9.17, 15) is 0 Å². The van der Waals surface area contributed by atoms with Crippen molar-refractivity contribution in [1.82, 2.24) is 5.32 Å². The highest BCUT2D eigenvalue weighted by atomic mass is 32.2. The fourth-order valence-corrected chi connectivity index (χ4v) is 2.76. The van der Waals surface area contributed by atoms with Gasteiger partial charge in [0.1, 0.15) is 0 Å². The van der Waals surface area contributed by atoms with Crippen LogP contribution in [0.3, 0.4) is 0 Å². The monoisotopic (exact) mass is 225 g/mol. The van der Waals surface area contributed by atoms with Gasteiger partial charge in [0.2, 0.25) is 0 Å². The Labute approximate surface area is 95.8 Å². The molecule has 0 saturated carbocycles. The summed E-state index contributed by atoms with van der Waals surface area (Å²) < 4.78 is 0. The van der Waals surface area contributed by atoms with Crippen LogP contribution in [0, 0.1) is 5.92 Å². The molecule has 0 amide bonds. The van der Waals surface area contributed by atoms with Crippen molar-refractivity contribution >= 4 is 22.6 Å². The Kier molecular flexibility index (Phi) is 4.20. The molecule has 1 unspecified atom stereocenters. The molecule has 2 rings (SSSR count). The van der Waals surface area contributed by atoms with Crippen LogP contribution >= 0.6 is 11.8 Å². The molecule has 1 saturated heterocycles. The second kappa shape index (κ2) is 5.66. The van der Waals surface area contributed by atoms with Gasteiger partial charge in [0.05, 0.1) is 6.54 Å². The summed E-state index contributed by atoms with van der Waals surface area (Å²) in [5, 5.41) is 4.42. The van der Waals surface area contributed by atoms with Gasteiger partial charge in [0, 0.05) is 11.5 Å². The van der Waals surface area contributed by atoms with E-state index in [1.54, 1.807) is 11.8 Å². The maximum atomic E-state index is 4.66. The molecule has 3 nitrogen and oxygen atoms in total. The largest absolute Gasteiger partial charge is 0.316 e. The maximum Gasteiger partial charge on any atom is 0.182 e. The second-order valence-corrected chi connectivity index (χ2v) is 5.17. The summed E-state index contributed by atoms with van der Waals surface area (Å²) >= 11 is 1.79. The van der Waals surface area contributed by atoms with Crippen molar-refractivity contribution in [3.05, 3.63) is 0 Å². The number of nitrogens with one attached hydrogen (secondary N) is 1. The van der Waals surface area contributed by atoms with Crippen LogP contribution in [0.5, 0.6) is 0 Å². The normalized spacial score (nSPS) is 27.1. The van der Waals surface area contributed by atoms with Crippen LogP contribution < -0.4 is 5.32 Å². The third-order valence-electron chi connectivity index (χ3n) is 2.92. The zero-order valence-electron chi connectivity index (χ0n) is 9.33. The first-order chi connectivity index (χ1) is 7.38. The lowest BCUT2D eigenvalue weighted by atomic mass is 10.0. The van der Waals surface area contributed by atoms with Crippen molar-refractivity contribution in [3.8, 4) is 0 Å². The van der Waals surface area contributed by atoms with Gasteiger partial charge in [-0.05, 0) is 38.3 Å². The van der Waals surface area contributed by atoms with E-state index in [1.807, 2.05) is 0 Å². The van der Waals surface area contributed by atoms with E-state index < -0.39 is 0 Å². The Morgan fingerprint density at radius 2 is 2.60 bits per heavy atom. The number of rotatable bonds is 3. The summed E-state index contributed by atoms with van der Waals surface area (Å²) in [6.07, 6.45) is 3.53. The molecule has 84 valence electrons. The Morgan fingerprint density at radius 1 is 1.67 bits per heavy atom. The molecular weight excluding hydrogens is 206 g/mol. The molecule has 15 heavy (non-hydrogen) atoms. The van der Waals surface area contributed by atoms with Gasteiger partial charge < -0.3 is 5.32 Å². The highest BCUT2D eigenvalue weighted by Gasteiger charge is 2.17. The molecule has 0 aliphatic carbocycles. The molecule has 0 spiro atoms. The Hall–Kier alpha value is -0.350. The molecule has 1 atom stereocenters. The molecule has 0 aromatic heterocycles. The van der Waals surface area contributed by atoms with E-state index in [0.29, 0.717) is 0 Å². The van der Waals surface area contributed by atoms with Gasteiger partial charge in [-0.25, -0.2) is 4.99 Å². The lowest BCUT2D eigenvalue weighted by molar-refractivity contribution is 0.605. The first kappa shape index (κ1) is 11.1. The van der Waals surface area contributed by atoms with Crippen molar-refractivity contribution in [2.45, 2.75) is 26.2 Å². The number of hydrogen-bond acceptors (Lipinski definition) is 4. The summed E-state index contributed by atoms with van der Waals surface area (Å²) in [5.41, 5.74) is 1.33. The van der Waals surface area contributed by atoms with Crippen molar-refractivity contribution in [2.24, 2.45) is 15.9 Å². The van der Waals surface area contributed by atoms with Crippen LogP contribution in [-0.4, -0.2) is 36.3 Å². The minimum atomic E-state index is 0.802. The Morgan fingerprint density at radius 3 is 3.20 bits per heavy atom. The molecule has 0 bridgehead atoms. The average Bonchev–Trinajstić information content (AvgIpc) is 2.89. The number of hydrogen-bond donors (Lipinski definition) is 1. The molecule has 2 aliphatic heterocycles. The highest BCUT2D eigenvalue weighted by molar-refractivity contribution is 8.14. The third kappa shape index (κ3) is 3.31. The van der Waals surface area contributed by atoms with Crippen LogP contribution in [-0.2, 0) is 0 Å².